The van der Waals surface area contributed by atoms with E-state index in [1.165, 1.54) is 44.9 Å². The number of hydrogen-bond donors (Lipinski definition) is 0. The third kappa shape index (κ3) is 11.4. The predicted molar refractivity (Wildman–Crippen MR) is 62.4 cm³/mol. The molecule has 0 fully saturated rings. The molecule has 0 spiro atoms. The Morgan fingerprint density at radius 3 is 1.93 bits per heavy atom. The first-order valence-electron chi connectivity index (χ1n) is 6.00. The van der Waals surface area contributed by atoms with Crippen LogP contribution < -0.4 is 0 Å². The Hall–Kier alpha value is -0.590. The van der Waals surface area contributed by atoms with Crippen molar-refractivity contribution in [2.75, 3.05) is 0 Å². The first-order chi connectivity index (χ1) is 6.91. The van der Waals surface area contributed by atoms with Crippen LogP contribution in [0.1, 0.15) is 64.7 Å². The lowest BCUT2D eigenvalue weighted by Gasteiger charge is -1.95. The quantitative estimate of drug-likeness (QED) is 0.290. The molecule has 0 heterocycles. The smallest absolute Gasteiger partial charge is 0.119 e. The lowest BCUT2D eigenvalue weighted by Crippen LogP contribution is -1.79. The Balaban J connectivity index is 2.97. The number of allylic oxidation sites excluding steroid dienone is 2. The normalized spacial score (nSPS) is 10.9. The van der Waals surface area contributed by atoms with E-state index in [9.17, 15) is 4.79 Å². The minimum Gasteiger partial charge on any atom is -0.303 e. The van der Waals surface area contributed by atoms with Crippen LogP contribution in [0.15, 0.2) is 12.2 Å². The summed E-state index contributed by atoms with van der Waals surface area (Å²) in [6.45, 7) is 2.22. The van der Waals surface area contributed by atoms with Gasteiger partial charge in [0.1, 0.15) is 6.29 Å². The molecule has 1 nitrogen and oxygen atoms in total. The highest BCUT2D eigenvalue weighted by molar-refractivity contribution is 5.48. The van der Waals surface area contributed by atoms with Crippen LogP contribution >= 0.6 is 0 Å². The molecular weight excluding hydrogens is 172 g/mol. The van der Waals surface area contributed by atoms with Gasteiger partial charge in [0.15, 0.2) is 0 Å². The molecule has 0 unspecified atom stereocenters. The molecule has 0 rings (SSSR count). The monoisotopic (exact) mass is 196 g/mol. The van der Waals surface area contributed by atoms with E-state index in [4.69, 9.17) is 0 Å². The summed E-state index contributed by atoms with van der Waals surface area (Å²) in [6.07, 6.45) is 16.2. The van der Waals surface area contributed by atoms with Crippen molar-refractivity contribution in [3.05, 3.63) is 12.2 Å². The van der Waals surface area contributed by atoms with E-state index in [0.717, 1.165) is 19.1 Å². The van der Waals surface area contributed by atoms with Gasteiger partial charge in [0, 0.05) is 6.42 Å². The van der Waals surface area contributed by atoms with Crippen LogP contribution in [-0.4, -0.2) is 6.29 Å². The number of hydrogen-bond acceptors (Lipinski definition) is 1. The van der Waals surface area contributed by atoms with E-state index in [2.05, 4.69) is 19.1 Å². The summed E-state index contributed by atoms with van der Waals surface area (Å²) < 4.78 is 0. The summed E-state index contributed by atoms with van der Waals surface area (Å²) in [5.41, 5.74) is 0. The van der Waals surface area contributed by atoms with Crippen LogP contribution in [0, 0.1) is 0 Å². The van der Waals surface area contributed by atoms with Crippen molar-refractivity contribution in [3.8, 4) is 0 Å². The van der Waals surface area contributed by atoms with Gasteiger partial charge in [-0.25, -0.2) is 0 Å². The van der Waals surface area contributed by atoms with Crippen LogP contribution in [0.3, 0.4) is 0 Å². The zero-order valence-electron chi connectivity index (χ0n) is 9.50. The maximum Gasteiger partial charge on any atom is 0.119 e. The Labute approximate surface area is 88.6 Å². The number of rotatable bonds is 10. The summed E-state index contributed by atoms with van der Waals surface area (Å²) in [4.78, 5) is 10.0. The SMILES string of the molecule is CCCC/C=C\CCCCCCC=O. The zero-order chi connectivity index (χ0) is 10.5. The van der Waals surface area contributed by atoms with Crippen molar-refractivity contribution in [2.45, 2.75) is 64.7 Å². The van der Waals surface area contributed by atoms with Gasteiger partial charge in [0.25, 0.3) is 0 Å². The van der Waals surface area contributed by atoms with Crippen molar-refractivity contribution in [1.82, 2.24) is 0 Å². The van der Waals surface area contributed by atoms with Crippen molar-refractivity contribution >= 4 is 6.29 Å². The molecule has 0 aromatic rings. The highest BCUT2D eigenvalue weighted by Gasteiger charge is 1.87. The fourth-order valence-corrected chi connectivity index (χ4v) is 1.40. The van der Waals surface area contributed by atoms with Gasteiger partial charge in [-0.1, -0.05) is 44.8 Å². The Morgan fingerprint density at radius 1 is 0.786 bits per heavy atom. The number of aldehydes is 1. The third-order valence-electron chi connectivity index (χ3n) is 2.33. The predicted octanol–water partition coefficient (Wildman–Crippen LogP) is 4.27. The average molecular weight is 196 g/mol. The summed E-state index contributed by atoms with van der Waals surface area (Å²) in [5.74, 6) is 0. The molecule has 0 aromatic carbocycles. The second-order valence-corrected chi connectivity index (χ2v) is 3.77. The highest BCUT2D eigenvalue weighted by Crippen LogP contribution is 2.05. The molecule has 0 saturated heterocycles. The molecule has 0 saturated carbocycles. The van der Waals surface area contributed by atoms with Crippen LogP contribution in [0.25, 0.3) is 0 Å². The van der Waals surface area contributed by atoms with Gasteiger partial charge in [-0.15, -0.1) is 0 Å². The maximum absolute atomic E-state index is 10.0. The van der Waals surface area contributed by atoms with E-state index in [0.29, 0.717) is 0 Å². The molecule has 0 amide bonds. The summed E-state index contributed by atoms with van der Waals surface area (Å²) in [7, 11) is 0. The van der Waals surface area contributed by atoms with Gasteiger partial charge in [0.05, 0.1) is 0 Å². The van der Waals surface area contributed by atoms with Gasteiger partial charge in [-0.05, 0) is 25.7 Å². The fourth-order valence-electron chi connectivity index (χ4n) is 1.40. The lowest BCUT2D eigenvalue weighted by atomic mass is 10.1. The molecule has 0 atom stereocenters. The summed E-state index contributed by atoms with van der Waals surface area (Å²) in [6, 6.07) is 0. The molecule has 14 heavy (non-hydrogen) atoms. The average Bonchev–Trinajstić information content (AvgIpc) is 2.21. The molecule has 1 heteroatoms. The zero-order valence-corrected chi connectivity index (χ0v) is 9.50. The molecule has 0 radical (unpaired) electrons. The number of unbranched alkanes of at least 4 members (excludes halogenated alkanes) is 7. The number of carbonyl (C=O) groups excluding carboxylic acids is 1. The molecule has 82 valence electrons. The second-order valence-electron chi connectivity index (χ2n) is 3.77. The summed E-state index contributed by atoms with van der Waals surface area (Å²) >= 11 is 0. The highest BCUT2D eigenvalue weighted by atomic mass is 16.1. The maximum atomic E-state index is 10.0. The third-order valence-corrected chi connectivity index (χ3v) is 2.33. The lowest BCUT2D eigenvalue weighted by molar-refractivity contribution is -0.107. The van der Waals surface area contributed by atoms with Crippen LogP contribution in [-0.2, 0) is 4.79 Å². The van der Waals surface area contributed by atoms with Crippen molar-refractivity contribution < 1.29 is 4.79 Å². The minimum absolute atomic E-state index is 0.742. The van der Waals surface area contributed by atoms with Crippen molar-refractivity contribution in [2.24, 2.45) is 0 Å². The molecule has 0 aromatic heterocycles. The summed E-state index contributed by atoms with van der Waals surface area (Å²) in [5, 5.41) is 0. The Kier molecular flexibility index (Phi) is 11.9. The second kappa shape index (κ2) is 12.4. The van der Waals surface area contributed by atoms with Crippen molar-refractivity contribution in [1.29, 1.82) is 0 Å². The van der Waals surface area contributed by atoms with E-state index in [-0.39, 0.29) is 0 Å². The number of carbonyl (C=O) groups is 1. The van der Waals surface area contributed by atoms with Crippen LogP contribution in [0.5, 0.6) is 0 Å². The standard InChI is InChI=1S/C13H24O/c1-2-3-4-5-6-7-8-9-10-11-12-13-14/h5-6,13H,2-4,7-12H2,1H3/b6-5-. The fraction of sp³-hybridized carbons (Fsp3) is 0.769. The van der Waals surface area contributed by atoms with Gasteiger partial charge in [0.2, 0.25) is 0 Å². The van der Waals surface area contributed by atoms with E-state index in [1.54, 1.807) is 0 Å². The largest absolute Gasteiger partial charge is 0.303 e. The van der Waals surface area contributed by atoms with E-state index < -0.39 is 0 Å². The first kappa shape index (κ1) is 13.4. The van der Waals surface area contributed by atoms with E-state index >= 15 is 0 Å². The van der Waals surface area contributed by atoms with Crippen LogP contribution in [0.4, 0.5) is 0 Å². The first-order valence-corrected chi connectivity index (χ1v) is 6.00. The van der Waals surface area contributed by atoms with Gasteiger partial charge >= 0.3 is 0 Å². The molecular formula is C13H24O. The Morgan fingerprint density at radius 2 is 1.36 bits per heavy atom. The molecule has 0 aliphatic carbocycles. The van der Waals surface area contributed by atoms with Gasteiger partial charge < -0.3 is 4.79 Å². The van der Waals surface area contributed by atoms with Gasteiger partial charge in [-0.2, -0.15) is 0 Å². The topological polar surface area (TPSA) is 17.1 Å². The molecule has 0 aliphatic rings. The Bertz CT molecular complexity index is 138. The van der Waals surface area contributed by atoms with E-state index in [1.807, 2.05) is 0 Å². The van der Waals surface area contributed by atoms with Gasteiger partial charge in [-0.3, -0.25) is 0 Å². The van der Waals surface area contributed by atoms with Crippen LogP contribution in [0.2, 0.25) is 0 Å². The molecule has 0 aliphatic heterocycles. The van der Waals surface area contributed by atoms with Crippen molar-refractivity contribution in [3.63, 3.8) is 0 Å². The minimum atomic E-state index is 0.742. The molecule has 0 N–H and O–H groups in total. The molecule has 0 bridgehead atoms.